The van der Waals surface area contributed by atoms with Gasteiger partial charge in [0.05, 0.1) is 5.69 Å². The van der Waals surface area contributed by atoms with Gasteiger partial charge in [0.15, 0.2) is 5.82 Å². The van der Waals surface area contributed by atoms with Crippen molar-refractivity contribution < 1.29 is 0 Å². The van der Waals surface area contributed by atoms with Gasteiger partial charge >= 0.3 is 0 Å². The van der Waals surface area contributed by atoms with Crippen molar-refractivity contribution in [2.45, 2.75) is 52.5 Å². The minimum atomic E-state index is 0.420. The number of aryl methyl sites for hydroxylation is 1. The molecule has 2 rings (SSSR count). The third kappa shape index (κ3) is 3.16. The van der Waals surface area contributed by atoms with Crippen molar-refractivity contribution in [1.82, 2.24) is 15.5 Å². The molecule has 21 heavy (non-hydrogen) atoms. The minimum Gasteiger partial charge on any atom is -0.350 e. The van der Waals surface area contributed by atoms with Gasteiger partial charge in [-0.05, 0) is 37.8 Å². The second-order valence-electron chi connectivity index (χ2n) is 5.48. The first-order valence-electron chi connectivity index (χ1n) is 8.02. The molecule has 1 atom stereocenters. The molecule has 1 unspecified atom stereocenters. The summed E-state index contributed by atoms with van der Waals surface area (Å²) < 4.78 is 0. The van der Waals surface area contributed by atoms with Gasteiger partial charge in [0.2, 0.25) is 0 Å². The molecular formula is C16H25N5. The van der Waals surface area contributed by atoms with Gasteiger partial charge in [0.25, 0.3) is 0 Å². The Morgan fingerprint density at radius 3 is 2.62 bits per heavy atom. The van der Waals surface area contributed by atoms with Crippen LogP contribution >= 0.6 is 0 Å². The molecule has 0 aliphatic carbocycles. The van der Waals surface area contributed by atoms with E-state index in [9.17, 15) is 5.26 Å². The zero-order valence-electron chi connectivity index (χ0n) is 13.3. The molecule has 1 fully saturated rings. The summed E-state index contributed by atoms with van der Waals surface area (Å²) in [5, 5.41) is 21.9. The number of aromatic nitrogens is 2. The van der Waals surface area contributed by atoms with Crippen molar-refractivity contribution in [3.8, 4) is 6.07 Å². The Morgan fingerprint density at radius 1 is 1.29 bits per heavy atom. The molecule has 1 aliphatic heterocycles. The van der Waals surface area contributed by atoms with Crippen molar-refractivity contribution >= 4 is 5.82 Å². The number of nitrogens with zero attached hydrogens (tertiary/aromatic N) is 4. The summed E-state index contributed by atoms with van der Waals surface area (Å²) in [6.45, 7) is 9.23. The monoisotopic (exact) mass is 287 g/mol. The second-order valence-corrected chi connectivity index (χ2v) is 5.48. The molecule has 0 spiro atoms. The predicted molar refractivity (Wildman–Crippen MR) is 84.4 cm³/mol. The van der Waals surface area contributed by atoms with E-state index in [-0.39, 0.29) is 0 Å². The van der Waals surface area contributed by atoms with Gasteiger partial charge in [-0.25, -0.2) is 0 Å². The SMILES string of the molecule is CCCN(c1nnc(CC)c(CC)c1C#N)C1CCNC1. The van der Waals surface area contributed by atoms with Crippen LogP contribution in [0.4, 0.5) is 5.82 Å². The maximum atomic E-state index is 9.65. The zero-order chi connectivity index (χ0) is 15.2. The highest BCUT2D eigenvalue weighted by molar-refractivity contribution is 5.58. The van der Waals surface area contributed by atoms with Crippen LogP contribution in [0, 0.1) is 11.3 Å². The van der Waals surface area contributed by atoms with E-state index >= 15 is 0 Å². The van der Waals surface area contributed by atoms with Crippen LogP contribution < -0.4 is 10.2 Å². The van der Waals surface area contributed by atoms with Crippen molar-refractivity contribution in [1.29, 1.82) is 5.26 Å². The van der Waals surface area contributed by atoms with Gasteiger partial charge in [-0.2, -0.15) is 10.4 Å². The lowest BCUT2D eigenvalue weighted by molar-refractivity contribution is 0.611. The van der Waals surface area contributed by atoms with E-state index in [4.69, 9.17) is 0 Å². The molecule has 0 aromatic carbocycles. The van der Waals surface area contributed by atoms with Crippen LogP contribution in [0.2, 0.25) is 0 Å². The van der Waals surface area contributed by atoms with Crippen LogP contribution in [-0.4, -0.2) is 35.9 Å². The summed E-state index contributed by atoms with van der Waals surface area (Å²) in [6, 6.07) is 2.81. The number of hydrogen-bond donors (Lipinski definition) is 1. The van der Waals surface area contributed by atoms with E-state index in [0.29, 0.717) is 6.04 Å². The Labute approximate surface area is 127 Å². The number of hydrogen-bond acceptors (Lipinski definition) is 5. The lowest BCUT2D eigenvalue weighted by Crippen LogP contribution is -2.39. The minimum absolute atomic E-state index is 0.420. The summed E-state index contributed by atoms with van der Waals surface area (Å²) in [6.07, 6.45) is 3.80. The summed E-state index contributed by atoms with van der Waals surface area (Å²) in [5.74, 6) is 0.780. The largest absolute Gasteiger partial charge is 0.350 e. The van der Waals surface area contributed by atoms with Crippen LogP contribution in [0.15, 0.2) is 0 Å². The summed E-state index contributed by atoms with van der Waals surface area (Å²) in [4.78, 5) is 2.28. The maximum Gasteiger partial charge on any atom is 0.169 e. The Kier molecular flexibility index (Phi) is 5.51. The first-order valence-corrected chi connectivity index (χ1v) is 8.02. The first kappa shape index (κ1) is 15.7. The van der Waals surface area contributed by atoms with E-state index < -0.39 is 0 Å². The van der Waals surface area contributed by atoms with Crippen LogP contribution in [-0.2, 0) is 12.8 Å². The third-order valence-corrected chi connectivity index (χ3v) is 4.15. The number of nitriles is 1. The second kappa shape index (κ2) is 7.37. The quantitative estimate of drug-likeness (QED) is 0.867. The van der Waals surface area contributed by atoms with Gasteiger partial charge in [-0.3, -0.25) is 0 Å². The lowest BCUT2D eigenvalue weighted by Gasteiger charge is -2.30. The Bertz CT molecular complexity index is 514. The van der Waals surface area contributed by atoms with Crippen molar-refractivity contribution in [3.05, 3.63) is 16.8 Å². The fraction of sp³-hybridized carbons (Fsp3) is 0.688. The van der Waals surface area contributed by atoms with Gasteiger partial charge in [-0.15, -0.1) is 5.10 Å². The van der Waals surface area contributed by atoms with Gasteiger partial charge in [-0.1, -0.05) is 20.8 Å². The normalized spacial score (nSPS) is 17.7. The highest BCUT2D eigenvalue weighted by Gasteiger charge is 2.27. The summed E-state index contributed by atoms with van der Waals surface area (Å²) in [7, 11) is 0. The summed E-state index contributed by atoms with van der Waals surface area (Å²) in [5.41, 5.74) is 2.75. The van der Waals surface area contributed by atoms with Crippen molar-refractivity contribution in [2.75, 3.05) is 24.5 Å². The zero-order valence-corrected chi connectivity index (χ0v) is 13.3. The predicted octanol–water partition coefficient (Wildman–Crippen LogP) is 2.05. The smallest absolute Gasteiger partial charge is 0.169 e. The lowest BCUT2D eigenvalue weighted by atomic mass is 10.0. The van der Waals surface area contributed by atoms with Gasteiger partial charge in [0.1, 0.15) is 11.6 Å². The van der Waals surface area contributed by atoms with E-state index in [2.05, 4.69) is 47.3 Å². The average Bonchev–Trinajstić information content (AvgIpc) is 3.05. The molecule has 0 saturated carbocycles. The third-order valence-electron chi connectivity index (χ3n) is 4.15. The van der Waals surface area contributed by atoms with Crippen LogP contribution in [0.3, 0.4) is 0 Å². The molecule has 0 amide bonds. The number of nitrogens with one attached hydrogen (secondary N) is 1. The highest BCUT2D eigenvalue weighted by atomic mass is 15.3. The Hall–Kier alpha value is -1.67. The molecule has 2 heterocycles. The fourth-order valence-corrected chi connectivity index (χ4v) is 3.09. The van der Waals surface area contributed by atoms with E-state index in [1.807, 2.05) is 0 Å². The Morgan fingerprint density at radius 2 is 2.10 bits per heavy atom. The molecule has 5 heteroatoms. The molecule has 5 nitrogen and oxygen atoms in total. The highest BCUT2D eigenvalue weighted by Crippen LogP contribution is 2.26. The summed E-state index contributed by atoms with van der Waals surface area (Å²) >= 11 is 0. The van der Waals surface area contributed by atoms with E-state index in [0.717, 1.165) is 68.0 Å². The maximum absolute atomic E-state index is 9.65. The Balaban J connectivity index is 2.46. The molecular weight excluding hydrogens is 262 g/mol. The van der Waals surface area contributed by atoms with Gasteiger partial charge in [0, 0.05) is 19.1 Å². The van der Waals surface area contributed by atoms with Gasteiger partial charge < -0.3 is 10.2 Å². The topological polar surface area (TPSA) is 64.8 Å². The molecule has 1 aliphatic rings. The molecule has 114 valence electrons. The first-order chi connectivity index (χ1) is 10.3. The standard InChI is InChI=1S/C16H25N5/c1-4-9-21(12-7-8-18-11-12)16-14(10-17)13(5-2)15(6-3)19-20-16/h12,18H,4-9,11H2,1-3H3. The van der Waals surface area contributed by atoms with Crippen molar-refractivity contribution in [3.63, 3.8) is 0 Å². The molecule has 0 bridgehead atoms. The molecule has 1 saturated heterocycles. The van der Waals surface area contributed by atoms with Crippen LogP contribution in [0.1, 0.15) is 50.4 Å². The van der Waals surface area contributed by atoms with Crippen molar-refractivity contribution in [2.24, 2.45) is 0 Å². The van der Waals surface area contributed by atoms with E-state index in [1.54, 1.807) is 0 Å². The molecule has 1 aromatic heterocycles. The fourth-order valence-electron chi connectivity index (χ4n) is 3.09. The molecule has 1 N–H and O–H groups in total. The molecule has 1 aromatic rings. The average molecular weight is 287 g/mol. The van der Waals surface area contributed by atoms with Crippen LogP contribution in [0.25, 0.3) is 0 Å². The number of rotatable bonds is 6. The molecule has 0 radical (unpaired) electrons. The number of anilines is 1. The van der Waals surface area contributed by atoms with Crippen LogP contribution in [0.5, 0.6) is 0 Å². The van der Waals surface area contributed by atoms with E-state index in [1.165, 1.54) is 0 Å².